The molecule has 2 N–H and O–H groups in total. The van der Waals surface area contributed by atoms with Crippen LogP contribution in [-0.2, 0) is 14.8 Å². The molecule has 6 nitrogen and oxygen atoms in total. The van der Waals surface area contributed by atoms with E-state index in [4.69, 9.17) is 4.74 Å². The van der Waals surface area contributed by atoms with E-state index in [0.29, 0.717) is 11.4 Å². The van der Waals surface area contributed by atoms with Gasteiger partial charge in [0.2, 0.25) is 0 Å². The van der Waals surface area contributed by atoms with Crippen molar-refractivity contribution in [2.75, 3.05) is 11.3 Å². The number of rotatable bonds is 8. The van der Waals surface area contributed by atoms with Crippen molar-refractivity contribution in [3.63, 3.8) is 0 Å². The van der Waals surface area contributed by atoms with Gasteiger partial charge in [0.1, 0.15) is 5.75 Å². The molecule has 3 aromatic rings. The SMILES string of the molecule is Cc1ccc(C)c(NS(=O)(=O)c2ccc(OCC(=O)N[C@H](C)c3cc(C)c(C)cc3C)cc2)c1. The van der Waals surface area contributed by atoms with Crippen LogP contribution in [0.25, 0.3) is 0 Å². The van der Waals surface area contributed by atoms with E-state index >= 15 is 0 Å². The largest absolute Gasteiger partial charge is 0.484 e. The van der Waals surface area contributed by atoms with Gasteiger partial charge in [0.25, 0.3) is 15.9 Å². The molecule has 0 bridgehead atoms. The zero-order valence-corrected chi connectivity index (χ0v) is 21.3. The summed E-state index contributed by atoms with van der Waals surface area (Å²) in [4.78, 5) is 12.5. The monoisotopic (exact) mass is 480 g/mol. The van der Waals surface area contributed by atoms with Gasteiger partial charge in [-0.25, -0.2) is 8.42 Å². The summed E-state index contributed by atoms with van der Waals surface area (Å²) in [7, 11) is -3.74. The summed E-state index contributed by atoms with van der Waals surface area (Å²) in [5, 5.41) is 2.96. The first-order chi connectivity index (χ1) is 16.0. The minimum atomic E-state index is -3.74. The molecule has 1 amide bonds. The van der Waals surface area contributed by atoms with Crippen LogP contribution in [-0.4, -0.2) is 20.9 Å². The van der Waals surface area contributed by atoms with E-state index in [-0.39, 0.29) is 23.5 Å². The van der Waals surface area contributed by atoms with E-state index in [1.165, 1.54) is 23.3 Å². The molecule has 0 fully saturated rings. The average Bonchev–Trinajstić information content (AvgIpc) is 2.77. The van der Waals surface area contributed by atoms with Crippen LogP contribution in [0.3, 0.4) is 0 Å². The molecule has 0 spiro atoms. The van der Waals surface area contributed by atoms with Gasteiger partial charge < -0.3 is 10.1 Å². The maximum atomic E-state index is 12.8. The summed E-state index contributed by atoms with van der Waals surface area (Å²) >= 11 is 0. The molecular weight excluding hydrogens is 448 g/mol. The first-order valence-electron chi connectivity index (χ1n) is 11.2. The molecule has 0 unspecified atom stereocenters. The van der Waals surface area contributed by atoms with Crippen LogP contribution < -0.4 is 14.8 Å². The van der Waals surface area contributed by atoms with Crippen molar-refractivity contribution < 1.29 is 17.9 Å². The second kappa shape index (κ2) is 10.3. The smallest absolute Gasteiger partial charge is 0.261 e. The molecule has 0 aliphatic heterocycles. The lowest BCUT2D eigenvalue weighted by atomic mass is 9.96. The molecule has 0 saturated carbocycles. The van der Waals surface area contributed by atoms with E-state index < -0.39 is 10.0 Å². The van der Waals surface area contributed by atoms with Crippen molar-refractivity contribution in [3.05, 3.63) is 88.0 Å². The first kappa shape index (κ1) is 25.3. The highest BCUT2D eigenvalue weighted by Crippen LogP contribution is 2.23. The van der Waals surface area contributed by atoms with Gasteiger partial charge in [-0.1, -0.05) is 24.3 Å². The van der Waals surface area contributed by atoms with Gasteiger partial charge in [0.05, 0.1) is 16.6 Å². The number of sulfonamides is 1. The molecule has 180 valence electrons. The van der Waals surface area contributed by atoms with Gasteiger partial charge in [0, 0.05) is 0 Å². The van der Waals surface area contributed by atoms with E-state index in [2.05, 4.69) is 36.0 Å². The van der Waals surface area contributed by atoms with Crippen LogP contribution in [0.15, 0.2) is 59.5 Å². The second-order valence-electron chi connectivity index (χ2n) is 8.77. The van der Waals surface area contributed by atoms with Crippen LogP contribution >= 0.6 is 0 Å². The number of benzene rings is 3. The fourth-order valence-corrected chi connectivity index (χ4v) is 4.85. The van der Waals surface area contributed by atoms with Crippen molar-refractivity contribution in [3.8, 4) is 5.75 Å². The highest BCUT2D eigenvalue weighted by atomic mass is 32.2. The van der Waals surface area contributed by atoms with Gasteiger partial charge in [-0.2, -0.15) is 0 Å². The molecule has 1 atom stereocenters. The van der Waals surface area contributed by atoms with Gasteiger partial charge in [0.15, 0.2) is 6.61 Å². The summed E-state index contributed by atoms with van der Waals surface area (Å²) in [6, 6.07) is 15.7. The summed E-state index contributed by atoms with van der Waals surface area (Å²) in [6.45, 7) is 11.7. The molecule has 0 aliphatic rings. The predicted octanol–water partition coefficient (Wildman–Crippen LogP) is 5.29. The van der Waals surface area contributed by atoms with Gasteiger partial charge in [-0.05, 0) is 105 Å². The molecule has 34 heavy (non-hydrogen) atoms. The summed E-state index contributed by atoms with van der Waals surface area (Å²) < 4.78 is 33.7. The standard InChI is InChI=1S/C27H32N2O4S/c1-17-7-8-18(2)26(13-17)29-34(31,32)24-11-9-23(10-12-24)33-16-27(30)28-22(6)25-15-20(4)19(3)14-21(25)5/h7-15,22,29H,16H2,1-6H3,(H,28,30)/t22-/m1/s1. The Kier molecular flexibility index (Phi) is 7.67. The minimum Gasteiger partial charge on any atom is -0.484 e. The number of aryl methyl sites for hydroxylation is 5. The van der Waals surface area contributed by atoms with Gasteiger partial charge in [-0.15, -0.1) is 0 Å². The third kappa shape index (κ3) is 6.17. The summed E-state index contributed by atoms with van der Waals surface area (Å²) in [5.41, 5.74) is 6.95. The predicted molar refractivity (Wildman–Crippen MR) is 136 cm³/mol. The van der Waals surface area contributed by atoms with E-state index in [1.54, 1.807) is 18.2 Å². The molecule has 3 rings (SSSR count). The molecule has 0 aromatic heterocycles. The Morgan fingerprint density at radius 3 is 2.18 bits per heavy atom. The highest BCUT2D eigenvalue weighted by Gasteiger charge is 2.17. The zero-order valence-electron chi connectivity index (χ0n) is 20.5. The van der Waals surface area contributed by atoms with Crippen molar-refractivity contribution in [2.45, 2.75) is 52.5 Å². The van der Waals surface area contributed by atoms with Crippen molar-refractivity contribution in [1.82, 2.24) is 5.32 Å². The van der Waals surface area contributed by atoms with Crippen LogP contribution in [0.4, 0.5) is 5.69 Å². The van der Waals surface area contributed by atoms with Gasteiger partial charge >= 0.3 is 0 Å². The Morgan fingerprint density at radius 2 is 1.50 bits per heavy atom. The number of hydrogen-bond donors (Lipinski definition) is 2. The van der Waals surface area contributed by atoms with Crippen LogP contribution in [0.2, 0.25) is 0 Å². The van der Waals surface area contributed by atoms with Crippen molar-refractivity contribution in [1.29, 1.82) is 0 Å². The number of nitrogens with one attached hydrogen (secondary N) is 2. The van der Waals surface area contributed by atoms with Gasteiger partial charge in [-0.3, -0.25) is 9.52 Å². The van der Waals surface area contributed by atoms with E-state index in [9.17, 15) is 13.2 Å². The highest BCUT2D eigenvalue weighted by molar-refractivity contribution is 7.92. The van der Waals surface area contributed by atoms with Crippen molar-refractivity contribution in [2.24, 2.45) is 0 Å². The summed E-state index contributed by atoms with van der Waals surface area (Å²) in [5.74, 6) is 0.161. The Balaban J connectivity index is 1.59. The van der Waals surface area contributed by atoms with Crippen LogP contribution in [0.5, 0.6) is 5.75 Å². The third-order valence-corrected chi connectivity index (χ3v) is 7.25. The van der Waals surface area contributed by atoms with Crippen LogP contribution in [0.1, 0.15) is 46.3 Å². The number of carbonyl (C=O) groups excluding carboxylic acids is 1. The minimum absolute atomic E-state index is 0.115. The Morgan fingerprint density at radius 1 is 0.853 bits per heavy atom. The van der Waals surface area contributed by atoms with Crippen LogP contribution in [0, 0.1) is 34.6 Å². The zero-order chi connectivity index (χ0) is 25.0. The lowest BCUT2D eigenvalue weighted by molar-refractivity contribution is -0.123. The first-order valence-corrected chi connectivity index (χ1v) is 12.6. The molecule has 7 heteroatoms. The number of anilines is 1. The number of carbonyl (C=O) groups is 1. The van der Waals surface area contributed by atoms with E-state index in [1.807, 2.05) is 39.8 Å². The Labute approximate surface area is 202 Å². The fraction of sp³-hybridized carbons (Fsp3) is 0.296. The lowest BCUT2D eigenvalue weighted by Gasteiger charge is -2.18. The Hall–Kier alpha value is -3.32. The second-order valence-corrected chi connectivity index (χ2v) is 10.4. The topological polar surface area (TPSA) is 84.5 Å². The quantitative estimate of drug-likeness (QED) is 0.459. The molecule has 0 heterocycles. The van der Waals surface area contributed by atoms with E-state index in [0.717, 1.165) is 22.3 Å². The Bertz CT molecular complexity index is 1300. The normalized spacial score (nSPS) is 12.2. The molecule has 0 aliphatic carbocycles. The lowest BCUT2D eigenvalue weighted by Crippen LogP contribution is -2.31. The van der Waals surface area contributed by atoms with Crippen molar-refractivity contribution >= 4 is 21.6 Å². The third-order valence-electron chi connectivity index (χ3n) is 5.87. The number of hydrogen-bond acceptors (Lipinski definition) is 4. The molecule has 0 radical (unpaired) electrons. The molecule has 3 aromatic carbocycles. The number of amides is 1. The maximum absolute atomic E-state index is 12.8. The average molecular weight is 481 g/mol. The summed E-state index contributed by atoms with van der Waals surface area (Å²) in [6.07, 6.45) is 0. The fourth-order valence-electron chi connectivity index (χ4n) is 3.72. The molecule has 0 saturated heterocycles. The molecular formula is C27H32N2O4S. The number of ether oxygens (including phenoxy) is 1. The maximum Gasteiger partial charge on any atom is 0.261 e.